The molecular formula is C11H14ClNO3. The maximum Gasteiger partial charge on any atom is 0.305 e. The van der Waals surface area contributed by atoms with Crippen molar-refractivity contribution in [2.75, 3.05) is 0 Å². The second-order valence-electron chi connectivity index (χ2n) is 3.77. The number of hydrogen-bond acceptors (Lipinski definition) is 3. The van der Waals surface area contributed by atoms with Crippen LogP contribution in [0.3, 0.4) is 0 Å². The van der Waals surface area contributed by atoms with Gasteiger partial charge in [-0.25, -0.2) is 0 Å². The summed E-state index contributed by atoms with van der Waals surface area (Å²) in [5.74, 6) is -0.945. The maximum atomic E-state index is 10.6. The van der Waals surface area contributed by atoms with Crippen molar-refractivity contribution >= 4 is 17.6 Å². The summed E-state index contributed by atoms with van der Waals surface area (Å²) in [6, 6.07) is 1.05. The van der Waals surface area contributed by atoms with Crippen LogP contribution in [0.4, 0.5) is 0 Å². The minimum Gasteiger partial charge on any atom is -0.506 e. The molecule has 0 aliphatic rings. The summed E-state index contributed by atoms with van der Waals surface area (Å²) < 4.78 is 0. The van der Waals surface area contributed by atoms with Gasteiger partial charge in [0.1, 0.15) is 5.75 Å². The molecule has 1 atom stereocenters. The number of aliphatic carboxylic acids is 1. The molecule has 0 spiro atoms. The fourth-order valence-corrected chi connectivity index (χ4v) is 1.83. The summed E-state index contributed by atoms with van der Waals surface area (Å²) in [4.78, 5) is 10.6. The van der Waals surface area contributed by atoms with Crippen LogP contribution in [0.2, 0.25) is 5.02 Å². The number of hydrogen-bond donors (Lipinski definition) is 3. The van der Waals surface area contributed by atoms with Crippen LogP contribution in [-0.4, -0.2) is 16.2 Å². The first-order valence-corrected chi connectivity index (χ1v) is 5.18. The quantitative estimate of drug-likeness (QED) is 0.760. The van der Waals surface area contributed by atoms with Gasteiger partial charge in [0.05, 0.1) is 11.4 Å². The number of phenols is 1. The Balaban J connectivity index is 3.19. The molecule has 4 N–H and O–H groups in total. The van der Waals surface area contributed by atoms with Gasteiger partial charge in [0, 0.05) is 6.04 Å². The van der Waals surface area contributed by atoms with Crippen molar-refractivity contribution in [2.45, 2.75) is 26.3 Å². The average Bonchev–Trinajstić information content (AvgIpc) is 2.19. The summed E-state index contributed by atoms with van der Waals surface area (Å²) in [6.45, 7) is 3.40. The zero-order chi connectivity index (χ0) is 12.5. The number of aryl methyl sites for hydroxylation is 1. The largest absolute Gasteiger partial charge is 0.506 e. The van der Waals surface area contributed by atoms with Gasteiger partial charge in [0.25, 0.3) is 0 Å². The summed E-state index contributed by atoms with van der Waals surface area (Å²) >= 11 is 5.92. The highest BCUT2D eigenvalue weighted by molar-refractivity contribution is 6.33. The number of rotatable bonds is 3. The molecule has 0 radical (unpaired) electrons. The molecule has 16 heavy (non-hydrogen) atoms. The number of nitrogens with two attached hydrogens (primary N) is 1. The number of aromatic hydroxyl groups is 1. The summed E-state index contributed by atoms with van der Waals surface area (Å²) in [5, 5.41) is 18.5. The van der Waals surface area contributed by atoms with Gasteiger partial charge in [0.15, 0.2) is 0 Å². The van der Waals surface area contributed by atoms with E-state index in [1.165, 1.54) is 0 Å². The zero-order valence-corrected chi connectivity index (χ0v) is 9.88. The molecule has 0 fully saturated rings. The highest BCUT2D eigenvalue weighted by Crippen LogP contribution is 2.35. The van der Waals surface area contributed by atoms with E-state index in [1.54, 1.807) is 19.9 Å². The van der Waals surface area contributed by atoms with Crippen LogP contribution >= 0.6 is 11.6 Å². The molecule has 88 valence electrons. The Morgan fingerprint density at radius 3 is 2.62 bits per heavy atom. The lowest BCUT2D eigenvalue weighted by molar-refractivity contribution is -0.137. The van der Waals surface area contributed by atoms with Crippen LogP contribution in [0.5, 0.6) is 5.75 Å². The van der Waals surface area contributed by atoms with Gasteiger partial charge in [-0.2, -0.15) is 0 Å². The number of benzene rings is 1. The zero-order valence-electron chi connectivity index (χ0n) is 9.12. The van der Waals surface area contributed by atoms with Gasteiger partial charge in [-0.15, -0.1) is 0 Å². The van der Waals surface area contributed by atoms with Gasteiger partial charge in [0.2, 0.25) is 0 Å². The Labute approximate surface area is 98.6 Å². The van der Waals surface area contributed by atoms with Crippen molar-refractivity contribution in [3.05, 3.63) is 27.8 Å². The molecule has 1 unspecified atom stereocenters. The van der Waals surface area contributed by atoms with Crippen molar-refractivity contribution in [3.8, 4) is 5.75 Å². The van der Waals surface area contributed by atoms with Gasteiger partial charge in [-0.1, -0.05) is 17.7 Å². The minimum absolute atomic E-state index is 0.0189. The van der Waals surface area contributed by atoms with Crippen LogP contribution in [0.15, 0.2) is 6.07 Å². The van der Waals surface area contributed by atoms with Gasteiger partial charge in [-0.3, -0.25) is 4.79 Å². The van der Waals surface area contributed by atoms with Gasteiger partial charge >= 0.3 is 5.97 Å². The molecule has 1 aromatic rings. The Bertz CT molecular complexity index is 432. The molecule has 5 heteroatoms. The molecule has 0 saturated carbocycles. The number of carboxylic acids is 1. The lowest BCUT2D eigenvalue weighted by atomic mass is 9.96. The topological polar surface area (TPSA) is 83.6 Å². The Kier molecular flexibility index (Phi) is 3.78. The standard InChI is InChI=1S/C11H14ClNO3/c1-5-3-7(8(13)4-9(14)15)6(2)10(12)11(5)16/h3,8,16H,4,13H2,1-2H3,(H,14,15). The van der Waals surface area contributed by atoms with Crippen LogP contribution in [0, 0.1) is 13.8 Å². The minimum atomic E-state index is -0.964. The van der Waals surface area contributed by atoms with E-state index in [2.05, 4.69) is 0 Å². The first-order chi connectivity index (χ1) is 7.34. The Morgan fingerprint density at radius 2 is 2.12 bits per heavy atom. The van der Waals surface area contributed by atoms with Crippen molar-refractivity contribution in [1.82, 2.24) is 0 Å². The van der Waals surface area contributed by atoms with E-state index in [1.807, 2.05) is 0 Å². The predicted molar refractivity (Wildman–Crippen MR) is 61.8 cm³/mol. The number of halogens is 1. The van der Waals surface area contributed by atoms with Crippen LogP contribution in [-0.2, 0) is 4.79 Å². The lowest BCUT2D eigenvalue weighted by Gasteiger charge is -2.16. The molecule has 0 aromatic heterocycles. The van der Waals surface area contributed by atoms with Crippen molar-refractivity contribution in [2.24, 2.45) is 5.73 Å². The van der Waals surface area contributed by atoms with E-state index in [9.17, 15) is 9.90 Å². The van der Waals surface area contributed by atoms with E-state index >= 15 is 0 Å². The van der Waals surface area contributed by atoms with Gasteiger partial charge in [-0.05, 0) is 30.5 Å². The third kappa shape index (κ3) is 2.46. The molecule has 0 heterocycles. The second kappa shape index (κ2) is 4.72. The fraction of sp³-hybridized carbons (Fsp3) is 0.364. The van der Waals surface area contributed by atoms with E-state index in [0.717, 1.165) is 0 Å². The molecule has 0 saturated heterocycles. The number of carbonyl (C=O) groups is 1. The predicted octanol–water partition coefficient (Wildman–Crippen LogP) is 2.14. The van der Waals surface area contributed by atoms with E-state index in [4.69, 9.17) is 22.4 Å². The molecule has 1 aromatic carbocycles. The SMILES string of the molecule is Cc1cc(C(N)CC(=O)O)c(C)c(Cl)c1O. The van der Waals surface area contributed by atoms with Gasteiger partial charge < -0.3 is 15.9 Å². The monoisotopic (exact) mass is 243 g/mol. The number of carboxylic acid groups (broad SMARTS) is 1. The van der Waals surface area contributed by atoms with Crippen molar-refractivity contribution in [3.63, 3.8) is 0 Å². The lowest BCUT2D eigenvalue weighted by Crippen LogP contribution is -2.16. The third-order valence-corrected chi connectivity index (χ3v) is 2.97. The summed E-state index contributed by atoms with van der Waals surface area (Å²) in [6.07, 6.45) is -0.165. The van der Waals surface area contributed by atoms with E-state index < -0.39 is 12.0 Å². The molecule has 0 aliphatic carbocycles. The van der Waals surface area contributed by atoms with Crippen LogP contribution in [0.1, 0.15) is 29.2 Å². The van der Waals surface area contributed by atoms with Crippen molar-refractivity contribution in [1.29, 1.82) is 0 Å². The molecule has 0 bridgehead atoms. The van der Waals surface area contributed by atoms with Crippen molar-refractivity contribution < 1.29 is 15.0 Å². The molecule has 0 aliphatic heterocycles. The second-order valence-corrected chi connectivity index (χ2v) is 4.15. The Hall–Kier alpha value is -1.26. The first kappa shape index (κ1) is 12.8. The van der Waals surface area contributed by atoms with Crippen LogP contribution < -0.4 is 5.73 Å². The van der Waals surface area contributed by atoms with E-state index in [-0.39, 0.29) is 17.2 Å². The van der Waals surface area contributed by atoms with E-state index in [0.29, 0.717) is 16.7 Å². The highest BCUT2D eigenvalue weighted by Gasteiger charge is 2.17. The molecule has 1 rings (SSSR count). The summed E-state index contributed by atoms with van der Waals surface area (Å²) in [5.41, 5.74) is 7.63. The molecular weight excluding hydrogens is 230 g/mol. The third-order valence-electron chi connectivity index (χ3n) is 2.51. The normalized spacial score (nSPS) is 12.5. The smallest absolute Gasteiger partial charge is 0.305 e. The average molecular weight is 244 g/mol. The highest BCUT2D eigenvalue weighted by atomic mass is 35.5. The first-order valence-electron chi connectivity index (χ1n) is 4.80. The summed E-state index contributed by atoms with van der Waals surface area (Å²) in [7, 11) is 0. The Morgan fingerprint density at radius 1 is 1.56 bits per heavy atom. The molecule has 4 nitrogen and oxygen atoms in total. The maximum absolute atomic E-state index is 10.6. The fourth-order valence-electron chi connectivity index (χ4n) is 1.57. The number of phenolic OH excluding ortho intramolecular Hbond substituents is 1. The molecule has 0 amide bonds. The van der Waals surface area contributed by atoms with Crippen LogP contribution in [0.25, 0.3) is 0 Å².